The van der Waals surface area contributed by atoms with E-state index < -0.39 is 0 Å². The number of nitriles is 1. The second-order valence-corrected chi connectivity index (χ2v) is 5.10. The Morgan fingerprint density at radius 3 is 2.50 bits per heavy atom. The molecule has 1 aromatic heterocycles. The van der Waals surface area contributed by atoms with E-state index in [1.54, 1.807) is 17.4 Å². The van der Waals surface area contributed by atoms with Crippen LogP contribution in [0.15, 0.2) is 43.0 Å². The van der Waals surface area contributed by atoms with Crippen molar-refractivity contribution in [2.45, 2.75) is 6.92 Å². The normalized spacial score (nSPS) is 11.0. The second-order valence-electron chi connectivity index (χ2n) is 3.99. The maximum absolute atomic E-state index is 9.24. The Bertz CT molecular complexity index is 624. The molecule has 0 unspecified atom stereocenters. The first-order valence-corrected chi connectivity index (χ1v) is 6.45. The van der Waals surface area contributed by atoms with Crippen molar-refractivity contribution in [1.82, 2.24) is 0 Å². The van der Waals surface area contributed by atoms with E-state index in [0.717, 1.165) is 15.3 Å². The molecule has 0 radical (unpaired) electrons. The average molecular weight is 251 g/mol. The van der Waals surface area contributed by atoms with E-state index in [1.807, 2.05) is 49.4 Å². The smallest absolute Gasteiger partial charge is 0.101 e. The highest BCUT2D eigenvalue weighted by molar-refractivity contribution is 7.14. The summed E-state index contributed by atoms with van der Waals surface area (Å²) in [6, 6.07) is 14.3. The zero-order chi connectivity index (χ0) is 13.0. The lowest BCUT2D eigenvalue weighted by Crippen LogP contribution is -1.78. The largest absolute Gasteiger partial charge is 0.192 e. The van der Waals surface area contributed by atoms with Crippen molar-refractivity contribution >= 4 is 29.1 Å². The van der Waals surface area contributed by atoms with Gasteiger partial charge in [0.15, 0.2) is 0 Å². The topological polar surface area (TPSA) is 23.8 Å². The number of thiophene rings is 1. The van der Waals surface area contributed by atoms with Crippen LogP contribution in [0.4, 0.5) is 0 Å². The number of allylic oxidation sites excluding steroid dienone is 1. The number of rotatable bonds is 3. The van der Waals surface area contributed by atoms with E-state index in [9.17, 15) is 5.26 Å². The molecule has 1 heterocycles. The Balaban J connectivity index is 2.36. The number of benzene rings is 1. The predicted molar refractivity (Wildman–Crippen MR) is 79.1 cm³/mol. The summed E-state index contributed by atoms with van der Waals surface area (Å²) in [6.07, 6.45) is 3.72. The van der Waals surface area contributed by atoms with E-state index in [4.69, 9.17) is 0 Å². The molecule has 2 heteroatoms. The minimum atomic E-state index is 0.692. The first kappa shape index (κ1) is 12.3. The molecule has 0 aliphatic rings. The summed E-state index contributed by atoms with van der Waals surface area (Å²) in [5.74, 6) is 0. The van der Waals surface area contributed by atoms with Gasteiger partial charge in [-0.3, -0.25) is 0 Å². The minimum absolute atomic E-state index is 0.692. The van der Waals surface area contributed by atoms with Crippen molar-refractivity contribution in [3.63, 3.8) is 0 Å². The van der Waals surface area contributed by atoms with Crippen LogP contribution in [-0.2, 0) is 0 Å². The van der Waals surface area contributed by atoms with E-state index in [2.05, 4.69) is 12.6 Å². The van der Waals surface area contributed by atoms with Crippen molar-refractivity contribution < 1.29 is 0 Å². The molecular weight excluding hydrogens is 238 g/mol. The molecular formula is C16H13NS. The van der Waals surface area contributed by atoms with Gasteiger partial charge in [0.2, 0.25) is 0 Å². The van der Waals surface area contributed by atoms with Crippen LogP contribution in [0.25, 0.3) is 17.7 Å². The molecule has 0 aliphatic heterocycles. The molecule has 0 amide bonds. The molecule has 2 rings (SSSR count). The fourth-order valence-electron chi connectivity index (χ4n) is 1.60. The lowest BCUT2D eigenvalue weighted by molar-refractivity contribution is 1.46. The molecule has 0 spiro atoms. The molecule has 0 saturated heterocycles. The van der Waals surface area contributed by atoms with Crippen LogP contribution in [0.2, 0.25) is 0 Å². The first-order chi connectivity index (χ1) is 8.72. The van der Waals surface area contributed by atoms with Gasteiger partial charge in [0.25, 0.3) is 0 Å². The molecule has 0 saturated carbocycles. The molecule has 18 heavy (non-hydrogen) atoms. The summed E-state index contributed by atoms with van der Waals surface area (Å²) in [6.45, 7) is 5.78. The third-order valence-electron chi connectivity index (χ3n) is 2.60. The Morgan fingerprint density at radius 1 is 1.22 bits per heavy atom. The lowest BCUT2D eigenvalue weighted by atomic mass is 10.1. The van der Waals surface area contributed by atoms with Crippen LogP contribution in [0.5, 0.6) is 0 Å². The maximum Gasteiger partial charge on any atom is 0.101 e. The first-order valence-electron chi connectivity index (χ1n) is 5.64. The molecule has 0 bridgehead atoms. The highest BCUT2D eigenvalue weighted by Crippen LogP contribution is 2.26. The van der Waals surface area contributed by atoms with Crippen LogP contribution in [0.3, 0.4) is 0 Å². The maximum atomic E-state index is 9.24. The third kappa shape index (κ3) is 2.77. The van der Waals surface area contributed by atoms with Gasteiger partial charge in [0.05, 0.1) is 5.57 Å². The van der Waals surface area contributed by atoms with Gasteiger partial charge < -0.3 is 0 Å². The summed E-state index contributed by atoms with van der Waals surface area (Å²) >= 11 is 1.58. The number of hydrogen-bond donors (Lipinski definition) is 0. The van der Waals surface area contributed by atoms with Crippen LogP contribution in [0, 0.1) is 18.3 Å². The van der Waals surface area contributed by atoms with Crippen LogP contribution >= 0.6 is 11.3 Å². The Hall–Kier alpha value is -2.11. The Morgan fingerprint density at radius 2 is 1.94 bits per heavy atom. The summed E-state index contributed by atoms with van der Waals surface area (Å²) in [7, 11) is 0. The molecule has 0 fully saturated rings. The fourth-order valence-corrected chi connectivity index (χ4v) is 2.42. The minimum Gasteiger partial charge on any atom is -0.192 e. The second kappa shape index (κ2) is 5.48. The average Bonchev–Trinajstić information content (AvgIpc) is 2.87. The van der Waals surface area contributed by atoms with Gasteiger partial charge in [-0.1, -0.05) is 42.5 Å². The summed E-state index contributed by atoms with van der Waals surface area (Å²) < 4.78 is 0. The quantitative estimate of drug-likeness (QED) is 0.721. The van der Waals surface area contributed by atoms with Crippen molar-refractivity contribution in [3.8, 4) is 6.07 Å². The van der Waals surface area contributed by atoms with Gasteiger partial charge in [0, 0.05) is 9.75 Å². The van der Waals surface area contributed by atoms with Gasteiger partial charge in [-0.15, -0.1) is 11.3 Å². The number of aryl methyl sites for hydroxylation is 1. The zero-order valence-corrected chi connectivity index (χ0v) is 11.0. The molecule has 0 aliphatic carbocycles. The van der Waals surface area contributed by atoms with E-state index >= 15 is 0 Å². The molecule has 2 aromatic rings. The van der Waals surface area contributed by atoms with Crippen LogP contribution in [0.1, 0.15) is 20.9 Å². The number of nitrogens with zero attached hydrogens (tertiary/aromatic N) is 1. The predicted octanol–water partition coefficient (Wildman–Crippen LogP) is 4.76. The fraction of sp³-hybridized carbons (Fsp3) is 0.0625. The van der Waals surface area contributed by atoms with Gasteiger partial charge in [-0.05, 0) is 30.7 Å². The van der Waals surface area contributed by atoms with Crippen molar-refractivity contribution in [2.75, 3.05) is 0 Å². The Labute approximate surface area is 111 Å². The van der Waals surface area contributed by atoms with E-state index in [1.165, 1.54) is 5.56 Å². The summed E-state index contributed by atoms with van der Waals surface area (Å²) in [5.41, 5.74) is 2.96. The van der Waals surface area contributed by atoms with E-state index in [-0.39, 0.29) is 0 Å². The summed E-state index contributed by atoms with van der Waals surface area (Å²) in [5, 5.41) is 9.24. The lowest BCUT2D eigenvalue weighted by Gasteiger charge is -1.97. The highest BCUT2D eigenvalue weighted by atomic mass is 32.1. The van der Waals surface area contributed by atoms with Crippen molar-refractivity contribution in [3.05, 3.63) is 63.9 Å². The zero-order valence-electron chi connectivity index (χ0n) is 10.2. The Kier molecular flexibility index (Phi) is 3.76. The monoisotopic (exact) mass is 251 g/mol. The SMILES string of the molecule is C=Cc1ccc(/C(C#N)=C/c2ccc(C)cc2)s1. The number of hydrogen-bond acceptors (Lipinski definition) is 2. The molecule has 0 N–H and O–H groups in total. The van der Waals surface area contributed by atoms with Gasteiger partial charge in [0.1, 0.15) is 6.07 Å². The highest BCUT2D eigenvalue weighted by Gasteiger charge is 2.04. The summed E-state index contributed by atoms with van der Waals surface area (Å²) in [4.78, 5) is 2.06. The van der Waals surface area contributed by atoms with Gasteiger partial charge >= 0.3 is 0 Å². The van der Waals surface area contributed by atoms with Gasteiger partial charge in [-0.25, -0.2) is 0 Å². The van der Waals surface area contributed by atoms with Gasteiger partial charge in [-0.2, -0.15) is 5.26 Å². The molecule has 1 aromatic carbocycles. The molecule has 1 nitrogen and oxygen atoms in total. The van der Waals surface area contributed by atoms with Crippen LogP contribution < -0.4 is 0 Å². The molecule has 0 atom stereocenters. The van der Waals surface area contributed by atoms with Crippen LogP contribution in [-0.4, -0.2) is 0 Å². The van der Waals surface area contributed by atoms with E-state index in [0.29, 0.717) is 5.57 Å². The van der Waals surface area contributed by atoms with Crippen molar-refractivity contribution in [1.29, 1.82) is 5.26 Å². The van der Waals surface area contributed by atoms with Crippen molar-refractivity contribution in [2.24, 2.45) is 0 Å². The molecule has 88 valence electrons. The third-order valence-corrected chi connectivity index (χ3v) is 3.72. The standard InChI is InChI=1S/C16H13NS/c1-3-15-8-9-16(18-15)14(11-17)10-13-6-4-12(2)5-7-13/h3-10H,1H2,2H3/b14-10+.